The summed E-state index contributed by atoms with van der Waals surface area (Å²) in [6, 6.07) is 2.13. The molecule has 0 radical (unpaired) electrons. The lowest BCUT2D eigenvalue weighted by atomic mass is 10.3. The Kier molecular flexibility index (Phi) is 5.85. The second-order valence-corrected chi connectivity index (χ2v) is 8.24. The number of hydrogen-bond donors (Lipinski definition) is 1. The molecule has 1 N–H and O–H groups in total. The van der Waals surface area contributed by atoms with E-state index >= 15 is 0 Å². The van der Waals surface area contributed by atoms with E-state index in [1.54, 1.807) is 6.92 Å². The number of halogens is 1. The minimum absolute atomic E-state index is 0.128. The summed E-state index contributed by atoms with van der Waals surface area (Å²) in [5, 5.41) is 0. The van der Waals surface area contributed by atoms with Gasteiger partial charge in [0.1, 0.15) is 10.7 Å². The third-order valence-electron chi connectivity index (χ3n) is 2.80. The Morgan fingerprint density at radius 3 is 2.38 bits per heavy atom. The lowest BCUT2D eigenvalue weighted by Gasteiger charge is -2.16. The summed E-state index contributed by atoms with van der Waals surface area (Å²) in [5.74, 6) is -1.01. The van der Waals surface area contributed by atoms with Gasteiger partial charge in [0.2, 0.25) is 10.0 Å². The van der Waals surface area contributed by atoms with Gasteiger partial charge in [-0.05, 0) is 24.6 Å². The summed E-state index contributed by atoms with van der Waals surface area (Å²) in [6.45, 7) is 1.87. The van der Waals surface area contributed by atoms with Gasteiger partial charge in [-0.25, -0.2) is 25.9 Å². The molecule has 0 spiro atoms. The van der Waals surface area contributed by atoms with Gasteiger partial charge < -0.3 is 4.74 Å². The van der Waals surface area contributed by atoms with Gasteiger partial charge in [-0.1, -0.05) is 6.92 Å². The molecular formula is C12H18FNO5S2. The van der Waals surface area contributed by atoms with Crippen molar-refractivity contribution in [3.8, 4) is 0 Å². The normalized spacial score (nSPS) is 14.1. The third kappa shape index (κ3) is 4.73. The van der Waals surface area contributed by atoms with Crippen LogP contribution < -0.4 is 4.72 Å². The van der Waals surface area contributed by atoms with E-state index in [-0.39, 0.29) is 11.5 Å². The first kappa shape index (κ1) is 18.0. The van der Waals surface area contributed by atoms with Crippen LogP contribution in [0.2, 0.25) is 0 Å². The Labute approximate surface area is 124 Å². The molecule has 0 aromatic heterocycles. The van der Waals surface area contributed by atoms with Gasteiger partial charge in [0.25, 0.3) is 0 Å². The molecule has 0 aliphatic carbocycles. The number of methoxy groups -OCH3 is 1. The first-order valence-corrected chi connectivity index (χ1v) is 9.50. The number of sulfonamides is 1. The van der Waals surface area contributed by atoms with Gasteiger partial charge in [-0.3, -0.25) is 0 Å². The van der Waals surface area contributed by atoms with Crippen LogP contribution in [0.25, 0.3) is 0 Å². The second-order valence-electron chi connectivity index (χ2n) is 4.55. The van der Waals surface area contributed by atoms with E-state index in [0.29, 0.717) is 6.42 Å². The Bertz CT molecular complexity index is 700. The standard InChI is InChI=1S/C12H18FNO5S2/c1-4-9(8-19-2)14-21(17,18)12-7-10(20(3,15)16)5-6-11(12)13/h5-7,9,14H,4,8H2,1-3H3. The van der Waals surface area contributed by atoms with E-state index in [2.05, 4.69) is 4.72 Å². The van der Waals surface area contributed by atoms with Gasteiger partial charge >= 0.3 is 0 Å². The molecule has 0 amide bonds. The van der Waals surface area contributed by atoms with Crippen molar-refractivity contribution in [2.75, 3.05) is 20.0 Å². The number of hydrogen-bond acceptors (Lipinski definition) is 5. The molecule has 1 aromatic carbocycles. The smallest absolute Gasteiger partial charge is 0.243 e. The molecule has 1 unspecified atom stereocenters. The monoisotopic (exact) mass is 339 g/mol. The van der Waals surface area contributed by atoms with Crippen molar-refractivity contribution in [3.63, 3.8) is 0 Å². The fourth-order valence-corrected chi connectivity index (χ4v) is 3.77. The van der Waals surface area contributed by atoms with Gasteiger partial charge in [0.05, 0.1) is 11.5 Å². The van der Waals surface area contributed by atoms with E-state index in [0.717, 1.165) is 24.5 Å². The molecule has 9 heteroatoms. The number of rotatable bonds is 7. The maximum absolute atomic E-state index is 13.7. The van der Waals surface area contributed by atoms with E-state index in [4.69, 9.17) is 4.74 Å². The van der Waals surface area contributed by atoms with Crippen LogP contribution in [-0.2, 0) is 24.6 Å². The Balaban J connectivity index is 3.25. The van der Waals surface area contributed by atoms with E-state index < -0.39 is 36.6 Å². The van der Waals surface area contributed by atoms with E-state index in [1.165, 1.54) is 7.11 Å². The zero-order chi connectivity index (χ0) is 16.3. The highest BCUT2D eigenvalue weighted by atomic mass is 32.2. The zero-order valence-electron chi connectivity index (χ0n) is 12.0. The fraction of sp³-hybridized carbons (Fsp3) is 0.500. The van der Waals surface area contributed by atoms with Gasteiger partial charge in [0.15, 0.2) is 9.84 Å². The Hall–Kier alpha value is -1.03. The first-order chi connectivity index (χ1) is 9.61. The van der Waals surface area contributed by atoms with Crippen molar-refractivity contribution < 1.29 is 26.0 Å². The topological polar surface area (TPSA) is 89.5 Å². The lowest BCUT2D eigenvalue weighted by molar-refractivity contribution is 0.173. The zero-order valence-corrected chi connectivity index (χ0v) is 13.6. The summed E-state index contributed by atoms with van der Waals surface area (Å²) in [4.78, 5) is -0.955. The van der Waals surface area contributed by atoms with Crippen molar-refractivity contribution in [3.05, 3.63) is 24.0 Å². The highest BCUT2D eigenvalue weighted by Crippen LogP contribution is 2.20. The first-order valence-electron chi connectivity index (χ1n) is 6.12. The minimum atomic E-state index is -4.18. The van der Waals surface area contributed by atoms with Crippen molar-refractivity contribution in [2.24, 2.45) is 0 Å². The third-order valence-corrected chi connectivity index (χ3v) is 5.45. The minimum Gasteiger partial charge on any atom is -0.383 e. The number of ether oxygens (including phenoxy) is 1. The van der Waals surface area contributed by atoms with Gasteiger partial charge in [-0.15, -0.1) is 0 Å². The molecule has 21 heavy (non-hydrogen) atoms. The van der Waals surface area contributed by atoms with E-state index in [9.17, 15) is 21.2 Å². The summed E-state index contributed by atoms with van der Waals surface area (Å²) >= 11 is 0. The predicted molar refractivity (Wildman–Crippen MR) is 75.8 cm³/mol. The van der Waals surface area contributed by atoms with Crippen LogP contribution in [0.4, 0.5) is 4.39 Å². The molecule has 0 saturated carbocycles. The van der Waals surface area contributed by atoms with Crippen LogP contribution in [0.1, 0.15) is 13.3 Å². The average molecular weight is 339 g/mol. The number of benzene rings is 1. The van der Waals surface area contributed by atoms with Crippen LogP contribution in [0, 0.1) is 5.82 Å². The van der Waals surface area contributed by atoms with Crippen molar-refractivity contribution in [1.82, 2.24) is 4.72 Å². The Morgan fingerprint density at radius 1 is 1.29 bits per heavy atom. The molecule has 0 fully saturated rings. The summed E-state index contributed by atoms with van der Waals surface area (Å²) in [7, 11) is -6.39. The summed E-state index contributed by atoms with van der Waals surface area (Å²) in [6.07, 6.45) is 1.37. The molecule has 0 saturated heterocycles. The van der Waals surface area contributed by atoms with Crippen molar-refractivity contribution in [1.29, 1.82) is 0 Å². The molecular weight excluding hydrogens is 321 g/mol. The molecule has 0 aliphatic rings. The quantitative estimate of drug-likeness (QED) is 0.747. The summed E-state index contributed by atoms with van der Waals surface area (Å²) < 4.78 is 68.2. The molecule has 1 rings (SSSR count). The lowest BCUT2D eigenvalue weighted by Crippen LogP contribution is -2.37. The highest BCUT2D eigenvalue weighted by molar-refractivity contribution is 7.91. The number of sulfone groups is 1. The molecule has 0 heterocycles. The predicted octanol–water partition coefficient (Wildman–Crippen LogP) is 0.932. The van der Waals surface area contributed by atoms with Crippen LogP contribution in [0.3, 0.4) is 0 Å². The molecule has 0 bridgehead atoms. The largest absolute Gasteiger partial charge is 0.383 e. The maximum atomic E-state index is 13.7. The van der Waals surface area contributed by atoms with Crippen LogP contribution in [-0.4, -0.2) is 42.8 Å². The van der Waals surface area contributed by atoms with Crippen LogP contribution >= 0.6 is 0 Å². The molecule has 0 aliphatic heterocycles. The van der Waals surface area contributed by atoms with E-state index in [1.807, 2.05) is 0 Å². The molecule has 1 atom stereocenters. The molecule has 1 aromatic rings. The van der Waals surface area contributed by atoms with Gasteiger partial charge in [-0.2, -0.15) is 0 Å². The van der Waals surface area contributed by atoms with Crippen LogP contribution in [0.15, 0.2) is 28.0 Å². The van der Waals surface area contributed by atoms with Gasteiger partial charge in [0, 0.05) is 19.4 Å². The van der Waals surface area contributed by atoms with Crippen LogP contribution in [0.5, 0.6) is 0 Å². The maximum Gasteiger partial charge on any atom is 0.243 e. The fourth-order valence-electron chi connectivity index (χ4n) is 1.64. The van der Waals surface area contributed by atoms with Crippen molar-refractivity contribution in [2.45, 2.75) is 29.2 Å². The second kappa shape index (κ2) is 6.82. The Morgan fingerprint density at radius 2 is 1.90 bits per heavy atom. The SMILES string of the molecule is CCC(COC)NS(=O)(=O)c1cc(S(C)(=O)=O)ccc1F. The molecule has 120 valence electrons. The molecule has 6 nitrogen and oxygen atoms in total. The number of nitrogens with one attached hydrogen (secondary N) is 1. The summed E-state index contributed by atoms with van der Waals surface area (Å²) in [5.41, 5.74) is 0. The highest BCUT2D eigenvalue weighted by Gasteiger charge is 2.24. The average Bonchev–Trinajstić information content (AvgIpc) is 2.36. The van der Waals surface area contributed by atoms with Crippen molar-refractivity contribution >= 4 is 19.9 Å².